The van der Waals surface area contributed by atoms with Gasteiger partial charge in [-0.15, -0.1) is 0 Å². The molecular weight excluding hydrogens is 324 g/mol. The first-order valence-corrected chi connectivity index (χ1v) is 8.11. The lowest BCUT2D eigenvalue weighted by Gasteiger charge is -2.27. The summed E-state index contributed by atoms with van der Waals surface area (Å²) < 4.78 is 0. The van der Waals surface area contributed by atoms with Crippen molar-refractivity contribution in [2.45, 2.75) is 13.0 Å². The van der Waals surface area contributed by atoms with Crippen LogP contribution in [0.15, 0.2) is 48.8 Å². The van der Waals surface area contributed by atoms with E-state index in [0.29, 0.717) is 23.7 Å². The minimum absolute atomic E-state index is 0.0151. The van der Waals surface area contributed by atoms with Crippen LogP contribution in [0.3, 0.4) is 0 Å². The molecule has 0 bridgehead atoms. The molecule has 0 saturated heterocycles. The van der Waals surface area contributed by atoms with Crippen LogP contribution in [0.4, 0.5) is 0 Å². The highest BCUT2D eigenvalue weighted by Crippen LogP contribution is 2.30. The fraction of sp³-hybridized carbons (Fsp3) is 0.167. The summed E-state index contributed by atoms with van der Waals surface area (Å²) in [5.74, 6) is 0.0151. The summed E-state index contributed by atoms with van der Waals surface area (Å²) >= 11 is 6.10. The van der Waals surface area contributed by atoms with Crippen molar-refractivity contribution in [1.29, 1.82) is 0 Å². The SMILES string of the molecule is O=C(c1ccncc1)N1CCc2[nH]nc(-c3cccc(Cl)c3)c2C1. The van der Waals surface area contributed by atoms with Gasteiger partial charge in [0.2, 0.25) is 0 Å². The molecule has 0 fully saturated rings. The highest BCUT2D eigenvalue weighted by Gasteiger charge is 2.26. The van der Waals surface area contributed by atoms with Crippen molar-refractivity contribution in [3.05, 3.63) is 70.6 Å². The van der Waals surface area contributed by atoms with E-state index in [0.717, 1.165) is 28.9 Å². The normalized spacial score (nSPS) is 13.6. The van der Waals surface area contributed by atoms with Gasteiger partial charge >= 0.3 is 0 Å². The summed E-state index contributed by atoms with van der Waals surface area (Å²) in [6.45, 7) is 1.21. The summed E-state index contributed by atoms with van der Waals surface area (Å²) in [6, 6.07) is 11.1. The van der Waals surface area contributed by atoms with Gasteiger partial charge in [-0.2, -0.15) is 5.10 Å². The van der Waals surface area contributed by atoms with E-state index >= 15 is 0 Å². The van der Waals surface area contributed by atoms with Gasteiger partial charge in [0.1, 0.15) is 0 Å². The number of nitrogens with one attached hydrogen (secondary N) is 1. The van der Waals surface area contributed by atoms with Crippen molar-refractivity contribution in [3.63, 3.8) is 0 Å². The lowest BCUT2D eigenvalue weighted by atomic mass is 10.0. The van der Waals surface area contributed by atoms with E-state index in [9.17, 15) is 4.79 Å². The van der Waals surface area contributed by atoms with Gasteiger partial charge in [-0.25, -0.2) is 0 Å². The molecule has 6 heteroatoms. The predicted octanol–water partition coefficient (Wildman–Crippen LogP) is 3.32. The predicted molar refractivity (Wildman–Crippen MR) is 91.7 cm³/mol. The molecular formula is C18H15ClN4O. The number of carbonyl (C=O) groups is 1. The first-order valence-electron chi connectivity index (χ1n) is 7.74. The van der Waals surface area contributed by atoms with Gasteiger partial charge in [0.15, 0.2) is 0 Å². The maximum atomic E-state index is 12.7. The number of amides is 1. The highest BCUT2D eigenvalue weighted by atomic mass is 35.5. The van der Waals surface area contributed by atoms with E-state index in [-0.39, 0.29) is 5.91 Å². The number of rotatable bonds is 2. The smallest absolute Gasteiger partial charge is 0.254 e. The van der Waals surface area contributed by atoms with Gasteiger partial charge in [0.05, 0.1) is 5.69 Å². The Kier molecular flexibility index (Phi) is 3.78. The molecule has 1 aliphatic heterocycles. The molecule has 1 N–H and O–H groups in total. The number of carbonyl (C=O) groups excluding carboxylic acids is 1. The number of pyridine rings is 1. The number of aromatic amines is 1. The quantitative estimate of drug-likeness (QED) is 0.779. The van der Waals surface area contributed by atoms with E-state index in [1.54, 1.807) is 24.5 Å². The van der Waals surface area contributed by atoms with Crippen LogP contribution in [-0.4, -0.2) is 32.5 Å². The van der Waals surface area contributed by atoms with Gasteiger partial charge < -0.3 is 4.90 Å². The molecule has 3 aromatic rings. The molecule has 1 aromatic carbocycles. The van der Waals surface area contributed by atoms with E-state index in [4.69, 9.17) is 11.6 Å². The van der Waals surface area contributed by atoms with Crippen molar-refractivity contribution in [2.24, 2.45) is 0 Å². The monoisotopic (exact) mass is 338 g/mol. The first kappa shape index (κ1) is 14.9. The van der Waals surface area contributed by atoms with Crippen molar-refractivity contribution in [1.82, 2.24) is 20.1 Å². The number of fused-ring (bicyclic) bond motifs is 1. The highest BCUT2D eigenvalue weighted by molar-refractivity contribution is 6.30. The number of nitrogens with zero attached hydrogens (tertiary/aromatic N) is 3. The zero-order chi connectivity index (χ0) is 16.5. The number of benzene rings is 1. The molecule has 0 radical (unpaired) electrons. The molecule has 0 saturated carbocycles. The zero-order valence-corrected chi connectivity index (χ0v) is 13.6. The van der Waals surface area contributed by atoms with E-state index in [1.807, 2.05) is 29.2 Å². The lowest BCUT2D eigenvalue weighted by Crippen LogP contribution is -2.35. The number of halogens is 1. The third-order valence-corrected chi connectivity index (χ3v) is 4.48. The molecule has 2 aromatic heterocycles. The van der Waals surface area contributed by atoms with Gasteiger partial charge in [-0.3, -0.25) is 14.9 Å². The largest absolute Gasteiger partial charge is 0.334 e. The average molecular weight is 339 g/mol. The van der Waals surface area contributed by atoms with Crippen LogP contribution in [0.25, 0.3) is 11.3 Å². The molecule has 0 atom stereocenters. The van der Waals surface area contributed by atoms with Crippen LogP contribution in [-0.2, 0) is 13.0 Å². The second-order valence-corrected chi connectivity index (χ2v) is 6.19. The van der Waals surface area contributed by atoms with E-state index in [1.165, 1.54) is 0 Å². The molecule has 3 heterocycles. The Morgan fingerprint density at radius 2 is 2.04 bits per heavy atom. The topological polar surface area (TPSA) is 61.9 Å². The Bertz CT molecular complexity index is 891. The maximum absolute atomic E-state index is 12.7. The Hall–Kier alpha value is -2.66. The van der Waals surface area contributed by atoms with Gasteiger partial charge in [0, 0.05) is 59.3 Å². The van der Waals surface area contributed by atoms with Crippen LogP contribution in [0, 0.1) is 0 Å². The third-order valence-electron chi connectivity index (χ3n) is 4.25. The number of hydrogen-bond acceptors (Lipinski definition) is 3. The minimum atomic E-state index is 0.0151. The number of hydrogen-bond donors (Lipinski definition) is 1. The zero-order valence-electron chi connectivity index (χ0n) is 12.9. The van der Waals surface area contributed by atoms with Crippen molar-refractivity contribution >= 4 is 17.5 Å². The molecule has 5 nitrogen and oxygen atoms in total. The second kappa shape index (κ2) is 6.09. The fourth-order valence-corrected chi connectivity index (χ4v) is 3.21. The molecule has 24 heavy (non-hydrogen) atoms. The Morgan fingerprint density at radius 1 is 1.21 bits per heavy atom. The molecule has 4 rings (SSSR count). The first-order chi connectivity index (χ1) is 11.7. The summed E-state index contributed by atoms with van der Waals surface area (Å²) in [4.78, 5) is 18.5. The molecule has 120 valence electrons. The van der Waals surface area contributed by atoms with Crippen molar-refractivity contribution < 1.29 is 4.79 Å². The van der Waals surface area contributed by atoms with Crippen LogP contribution < -0.4 is 0 Å². The van der Waals surface area contributed by atoms with Crippen LogP contribution in [0.2, 0.25) is 5.02 Å². The van der Waals surface area contributed by atoms with Gasteiger partial charge in [-0.1, -0.05) is 23.7 Å². The average Bonchev–Trinajstić information content (AvgIpc) is 3.05. The Balaban J connectivity index is 1.65. The molecule has 0 unspecified atom stereocenters. The summed E-state index contributed by atoms with van der Waals surface area (Å²) in [7, 11) is 0. The molecule has 1 aliphatic rings. The van der Waals surface area contributed by atoms with Crippen molar-refractivity contribution in [2.75, 3.05) is 6.54 Å². The summed E-state index contributed by atoms with van der Waals surface area (Å²) in [5.41, 5.74) is 4.62. The van der Waals surface area contributed by atoms with Crippen LogP contribution >= 0.6 is 11.6 Å². The molecule has 0 aliphatic carbocycles. The lowest BCUT2D eigenvalue weighted by molar-refractivity contribution is 0.0734. The Labute approximate surface area is 144 Å². The third kappa shape index (κ3) is 2.67. The number of H-pyrrole nitrogens is 1. The van der Waals surface area contributed by atoms with Gasteiger partial charge in [-0.05, 0) is 24.3 Å². The van der Waals surface area contributed by atoms with E-state index in [2.05, 4.69) is 15.2 Å². The standard InChI is InChI=1S/C18H15ClN4O/c19-14-3-1-2-13(10-14)17-15-11-23(9-6-16(15)21-22-17)18(24)12-4-7-20-8-5-12/h1-5,7-8,10H,6,9,11H2,(H,21,22). The summed E-state index contributed by atoms with van der Waals surface area (Å²) in [5, 5.41) is 8.22. The fourth-order valence-electron chi connectivity index (χ4n) is 3.02. The second-order valence-electron chi connectivity index (χ2n) is 5.75. The number of aromatic nitrogens is 3. The minimum Gasteiger partial charge on any atom is -0.334 e. The van der Waals surface area contributed by atoms with Gasteiger partial charge in [0.25, 0.3) is 5.91 Å². The van der Waals surface area contributed by atoms with Crippen LogP contribution in [0.5, 0.6) is 0 Å². The van der Waals surface area contributed by atoms with E-state index < -0.39 is 0 Å². The Morgan fingerprint density at radius 3 is 2.83 bits per heavy atom. The van der Waals surface area contributed by atoms with Crippen molar-refractivity contribution in [3.8, 4) is 11.3 Å². The van der Waals surface area contributed by atoms with Crippen LogP contribution in [0.1, 0.15) is 21.6 Å². The molecule has 0 spiro atoms. The summed E-state index contributed by atoms with van der Waals surface area (Å²) in [6.07, 6.45) is 4.04. The maximum Gasteiger partial charge on any atom is 0.254 e. The molecule has 1 amide bonds.